The molecule has 2 aromatic heterocycles. The Kier molecular flexibility index (Phi) is 4.65. The van der Waals surface area contributed by atoms with Gasteiger partial charge >= 0.3 is 6.03 Å². The summed E-state index contributed by atoms with van der Waals surface area (Å²) in [6.45, 7) is 1.87. The van der Waals surface area contributed by atoms with E-state index in [1.807, 2.05) is 12.1 Å². The first kappa shape index (κ1) is 14.5. The fourth-order valence-corrected chi connectivity index (χ4v) is 2.20. The van der Waals surface area contributed by atoms with Crippen LogP contribution in [0.1, 0.15) is 18.4 Å². The predicted molar refractivity (Wildman–Crippen MR) is 78.6 cm³/mol. The van der Waals surface area contributed by atoms with Crippen LogP contribution in [0.25, 0.3) is 0 Å². The Morgan fingerprint density at radius 3 is 2.95 bits per heavy atom. The first-order chi connectivity index (χ1) is 10.8. The molecule has 0 atom stereocenters. The quantitative estimate of drug-likeness (QED) is 0.928. The fraction of sp³-hybridized carbons (Fsp3) is 0.400. The van der Waals surface area contributed by atoms with Gasteiger partial charge in [-0.2, -0.15) is 9.78 Å². The highest BCUT2D eigenvalue weighted by Gasteiger charge is 2.15. The molecule has 1 N–H and O–H groups in total. The number of amides is 1. The van der Waals surface area contributed by atoms with Gasteiger partial charge in [0.05, 0.1) is 13.2 Å². The molecule has 0 aromatic carbocycles. The van der Waals surface area contributed by atoms with Crippen LogP contribution < -0.4 is 10.1 Å². The topological polar surface area (TPSA) is 78.3 Å². The van der Waals surface area contributed by atoms with Crippen LogP contribution in [0.5, 0.6) is 5.88 Å². The summed E-state index contributed by atoms with van der Waals surface area (Å²) in [4.78, 5) is 16.0. The van der Waals surface area contributed by atoms with Gasteiger partial charge in [0.2, 0.25) is 5.88 Å². The van der Waals surface area contributed by atoms with Crippen LogP contribution >= 0.6 is 0 Å². The monoisotopic (exact) mass is 302 g/mol. The number of rotatable bonds is 4. The Balaban J connectivity index is 1.49. The molecule has 2 aromatic rings. The molecule has 1 aliphatic rings. The number of carbonyl (C=O) groups is 1. The molecule has 0 radical (unpaired) electrons. The summed E-state index contributed by atoms with van der Waals surface area (Å²) in [5.74, 6) is 0.606. The number of hydrogen-bond acceptors (Lipinski definition) is 5. The first-order valence-corrected chi connectivity index (χ1v) is 7.28. The van der Waals surface area contributed by atoms with Crippen LogP contribution in [-0.4, -0.2) is 40.1 Å². The Morgan fingerprint density at radius 1 is 1.41 bits per heavy atom. The average molecular weight is 302 g/mol. The summed E-state index contributed by atoms with van der Waals surface area (Å²) in [5, 5.41) is 6.63. The molecular weight excluding hydrogens is 284 g/mol. The highest BCUT2D eigenvalue weighted by molar-refractivity contribution is 5.75. The maximum atomic E-state index is 11.7. The molecule has 3 rings (SSSR count). The van der Waals surface area contributed by atoms with E-state index < -0.39 is 0 Å². The van der Waals surface area contributed by atoms with Gasteiger partial charge in [-0.3, -0.25) is 0 Å². The van der Waals surface area contributed by atoms with Gasteiger partial charge in [-0.05, 0) is 11.6 Å². The van der Waals surface area contributed by atoms with E-state index in [-0.39, 0.29) is 12.1 Å². The molecule has 1 fully saturated rings. The van der Waals surface area contributed by atoms with Crippen molar-refractivity contribution in [2.24, 2.45) is 0 Å². The van der Waals surface area contributed by atoms with Gasteiger partial charge in [0.25, 0.3) is 0 Å². The van der Waals surface area contributed by atoms with Crippen LogP contribution in [0.4, 0.5) is 4.79 Å². The molecule has 0 saturated carbocycles. The maximum absolute atomic E-state index is 11.7. The summed E-state index contributed by atoms with van der Waals surface area (Å²) in [7, 11) is 0. The van der Waals surface area contributed by atoms with Crippen molar-refractivity contribution in [2.45, 2.75) is 25.5 Å². The van der Waals surface area contributed by atoms with Gasteiger partial charge in [-0.25, -0.2) is 9.78 Å². The van der Waals surface area contributed by atoms with Crippen molar-refractivity contribution in [3.05, 3.63) is 42.4 Å². The van der Waals surface area contributed by atoms with Crippen molar-refractivity contribution in [3.63, 3.8) is 0 Å². The second-order valence-corrected chi connectivity index (χ2v) is 5.04. The Bertz CT molecular complexity index is 592. The molecule has 0 spiro atoms. The van der Waals surface area contributed by atoms with Crippen LogP contribution in [-0.2, 0) is 11.3 Å². The smallest absolute Gasteiger partial charge is 0.342 e. The van der Waals surface area contributed by atoms with Gasteiger partial charge in [-0.15, -0.1) is 0 Å². The van der Waals surface area contributed by atoms with Crippen molar-refractivity contribution in [1.82, 2.24) is 20.1 Å². The van der Waals surface area contributed by atoms with E-state index in [1.54, 1.807) is 24.7 Å². The third-order valence-corrected chi connectivity index (χ3v) is 3.41. The van der Waals surface area contributed by atoms with E-state index in [1.165, 1.54) is 4.68 Å². The van der Waals surface area contributed by atoms with E-state index in [0.29, 0.717) is 12.4 Å². The first-order valence-electron chi connectivity index (χ1n) is 7.28. The molecule has 1 amide bonds. The molecular formula is C15H18N4O3. The Morgan fingerprint density at radius 2 is 2.27 bits per heavy atom. The third-order valence-electron chi connectivity index (χ3n) is 3.41. The molecule has 0 aliphatic carbocycles. The standard InChI is InChI=1S/C15H18N4O3/c20-15(19-7-1-6-18-19)17-11-12-2-3-14(16-10-12)22-13-4-8-21-9-5-13/h1-3,6-7,10,13H,4-5,8-9,11H2,(H,17,20). The third kappa shape index (κ3) is 3.82. The Labute approximate surface area is 128 Å². The normalized spacial score (nSPS) is 15.5. The molecule has 7 nitrogen and oxygen atoms in total. The SMILES string of the molecule is O=C(NCc1ccc(OC2CCOCC2)nc1)n1cccn1. The lowest BCUT2D eigenvalue weighted by molar-refractivity contribution is 0.0237. The van der Waals surface area contributed by atoms with Crippen molar-refractivity contribution >= 4 is 6.03 Å². The van der Waals surface area contributed by atoms with E-state index in [2.05, 4.69) is 15.4 Å². The zero-order valence-electron chi connectivity index (χ0n) is 12.1. The minimum atomic E-state index is -0.271. The van der Waals surface area contributed by atoms with Crippen LogP contribution in [0, 0.1) is 0 Å². The van der Waals surface area contributed by atoms with Gasteiger partial charge in [0.1, 0.15) is 6.10 Å². The molecule has 22 heavy (non-hydrogen) atoms. The van der Waals surface area contributed by atoms with Crippen LogP contribution in [0.2, 0.25) is 0 Å². The number of nitrogens with zero attached hydrogens (tertiary/aromatic N) is 3. The molecule has 3 heterocycles. The summed E-state index contributed by atoms with van der Waals surface area (Å²) in [6, 6.07) is 5.15. The predicted octanol–water partition coefficient (Wildman–Crippen LogP) is 1.59. The lowest BCUT2D eigenvalue weighted by Gasteiger charge is -2.22. The molecule has 0 unspecified atom stereocenters. The second kappa shape index (κ2) is 7.04. The number of nitrogens with one attached hydrogen (secondary N) is 1. The summed E-state index contributed by atoms with van der Waals surface area (Å²) >= 11 is 0. The van der Waals surface area contributed by atoms with Crippen molar-refractivity contribution in [1.29, 1.82) is 0 Å². The van der Waals surface area contributed by atoms with Gasteiger partial charge in [0, 0.05) is 44.0 Å². The lowest BCUT2D eigenvalue weighted by atomic mass is 10.1. The summed E-state index contributed by atoms with van der Waals surface area (Å²) < 4.78 is 12.3. The fourth-order valence-electron chi connectivity index (χ4n) is 2.20. The molecule has 116 valence electrons. The van der Waals surface area contributed by atoms with Gasteiger partial charge in [-0.1, -0.05) is 6.07 Å². The number of carbonyl (C=O) groups excluding carboxylic acids is 1. The van der Waals surface area contributed by atoms with E-state index in [9.17, 15) is 4.79 Å². The zero-order chi connectivity index (χ0) is 15.2. The highest BCUT2D eigenvalue weighted by Crippen LogP contribution is 2.15. The van der Waals surface area contributed by atoms with E-state index >= 15 is 0 Å². The van der Waals surface area contributed by atoms with Gasteiger partial charge in [0.15, 0.2) is 0 Å². The molecule has 7 heteroatoms. The number of pyridine rings is 1. The van der Waals surface area contributed by atoms with Crippen LogP contribution in [0.3, 0.4) is 0 Å². The van der Waals surface area contributed by atoms with Crippen molar-refractivity contribution in [3.8, 4) is 5.88 Å². The molecule has 1 aliphatic heterocycles. The molecule has 0 bridgehead atoms. The minimum absolute atomic E-state index is 0.173. The number of hydrogen-bond donors (Lipinski definition) is 1. The van der Waals surface area contributed by atoms with Gasteiger partial charge < -0.3 is 14.8 Å². The average Bonchev–Trinajstić information content (AvgIpc) is 3.09. The second-order valence-electron chi connectivity index (χ2n) is 5.04. The summed E-state index contributed by atoms with van der Waals surface area (Å²) in [6.07, 6.45) is 6.82. The van der Waals surface area contributed by atoms with Crippen molar-refractivity contribution < 1.29 is 14.3 Å². The highest BCUT2D eigenvalue weighted by atomic mass is 16.5. The van der Waals surface area contributed by atoms with E-state index in [4.69, 9.17) is 9.47 Å². The largest absolute Gasteiger partial charge is 0.474 e. The molecule has 1 saturated heterocycles. The van der Waals surface area contributed by atoms with Crippen molar-refractivity contribution in [2.75, 3.05) is 13.2 Å². The lowest BCUT2D eigenvalue weighted by Crippen LogP contribution is -2.28. The van der Waals surface area contributed by atoms with E-state index in [0.717, 1.165) is 31.6 Å². The Hall–Kier alpha value is -2.41. The summed E-state index contributed by atoms with van der Waals surface area (Å²) in [5.41, 5.74) is 0.903. The minimum Gasteiger partial charge on any atom is -0.474 e. The maximum Gasteiger partial charge on any atom is 0.342 e. The zero-order valence-corrected chi connectivity index (χ0v) is 12.1. The number of aromatic nitrogens is 3. The number of ether oxygens (including phenoxy) is 2. The van der Waals surface area contributed by atoms with Crippen LogP contribution in [0.15, 0.2) is 36.8 Å².